The Morgan fingerprint density at radius 1 is 1.00 bits per heavy atom. The van der Waals surface area contributed by atoms with Crippen LogP contribution in [0.4, 0.5) is 8.78 Å². The van der Waals surface area contributed by atoms with E-state index in [0.717, 1.165) is 0 Å². The SMILES string of the molecule is NC(Cc1ccccc1)(C(=O)OCc1ccccc1)C(F)F. The zero-order chi connectivity index (χ0) is 16.0. The van der Waals surface area contributed by atoms with Crippen LogP contribution < -0.4 is 5.73 Å². The van der Waals surface area contributed by atoms with Crippen molar-refractivity contribution in [2.45, 2.75) is 25.0 Å². The van der Waals surface area contributed by atoms with Gasteiger partial charge in [0.25, 0.3) is 6.43 Å². The van der Waals surface area contributed by atoms with Gasteiger partial charge in [0.2, 0.25) is 0 Å². The predicted octanol–water partition coefficient (Wildman–Crippen LogP) is 2.94. The fourth-order valence-corrected chi connectivity index (χ4v) is 2.03. The first-order valence-electron chi connectivity index (χ1n) is 6.84. The summed E-state index contributed by atoms with van der Waals surface area (Å²) in [6.45, 7) is -0.0832. The Balaban J connectivity index is 2.07. The van der Waals surface area contributed by atoms with Crippen LogP contribution in [0.25, 0.3) is 0 Å². The molecule has 2 aromatic carbocycles. The molecule has 116 valence electrons. The van der Waals surface area contributed by atoms with E-state index in [1.165, 1.54) is 0 Å². The van der Waals surface area contributed by atoms with E-state index in [-0.39, 0.29) is 13.0 Å². The highest BCUT2D eigenvalue weighted by Gasteiger charge is 2.45. The highest BCUT2D eigenvalue weighted by atomic mass is 19.3. The van der Waals surface area contributed by atoms with E-state index in [2.05, 4.69) is 0 Å². The van der Waals surface area contributed by atoms with E-state index in [1.54, 1.807) is 54.6 Å². The first-order chi connectivity index (χ1) is 10.5. The summed E-state index contributed by atoms with van der Waals surface area (Å²) >= 11 is 0. The third-order valence-electron chi connectivity index (χ3n) is 3.32. The van der Waals surface area contributed by atoms with E-state index in [4.69, 9.17) is 10.5 Å². The van der Waals surface area contributed by atoms with Crippen molar-refractivity contribution in [3.05, 3.63) is 71.8 Å². The average Bonchev–Trinajstić information content (AvgIpc) is 2.54. The quantitative estimate of drug-likeness (QED) is 0.835. The minimum atomic E-state index is -3.02. The second kappa shape index (κ2) is 7.13. The van der Waals surface area contributed by atoms with E-state index >= 15 is 0 Å². The smallest absolute Gasteiger partial charge is 0.332 e. The van der Waals surface area contributed by atoms with Gasteiger partial charge < -0.3 is 10.5 Å². The van der Waals surface area contributed by atoms with Crippen molar-refractivity contribution in [1.82, 2.24) is 0 Å². The number of esters is 1. The van der Waals surface area contributed by atoms with Crippen LogP contribution >= 0.6 is 0 Å². The molecule has 0 saturated heterocycles. The zero-order valence-electron chi connectivity index (χ0n) is 11.9. The van der Waals surface area contributed by atoms with Crippen LogP contribution in [0.2, 0.25) is 0 Å². The van der Waals surface area contributed by atoms with E-state index in [0.29, 0.717) is 11.1 Å². The summed E-state index contributed by atoms with van der Waals surface area (Å²) in [5, 5.41) is 0. The van der Waals surface area contributed by atoms with Crippen LogP contribution in [-0.4, -0.2) is 17.9 Å². The van der Waals surface area contributed by atoms with Gasteiger partial charge >= 0.3 is 5.97 Å². The molecule has 2 aromatic rings. The van der Waals surface area contributed by atoms with Gasteiger partial charge in [-0.1, -0.05) is 60.7 Å². The lowest BCUT2D eigenvalue weighted by molar-refractivity contribution is -0.158. The number of nitrogens with two attached hydrogens (primary N) is 1. The first kappa shape index (κ1) is 16.1. The second-order valence-corrected chi connectivity index (χ2v) is 5.07. The molecule has 1 atom stereocenters. The predicted molar refractivity (Wildman–Crippen MR) is 79.3 cm³/mol. The summed E-state index contributed by atoms with van der Waals surface area (Å²) in [7, 11) is 0. The number of hydrogen-bond acceptors (Lipinski definition) is 3. The molecule has 3 nitrogen and oxygen atoms in total. The van der Waals surface area contributed by atoms with Crippen LogP contribution in [0.3, 0.4) is 0 Å². The van der Waals surface area contributed by atoms with Crippen molar-refractivity contribution in [3.63, 3.8) is 0 Å². The summed E-state index contributed by atoms with van der Waals surface area (Å²) in [5.41, 5.74) is 4.58. The molecule has 0 radical (unpaired) electrons. The van der Waals surface area contributed by atoms with Gasteiger partial charge in [0.05, 0.1) is 0 Å². The van der Waals surface area contributed by atoms with Crippen LogP contribution in [0.1, 0.15) is 11.1 Å². The normalized spacial score (nSPS) is 13.6. The van der Waals surface area contributed by atoms with Crippen LogP contribution in [-0.2, 0) is 22.6 Å². The van der Waals surface area contributed by atoms with Gasteiger partial charge in [0.1, 0.15) is 6.61 Å². The van der Waals surface area contributed by atoms with E-state index in [9.17, 15) is 13.6 Å². The number of carbonyl (C=O) groups is 1. The molecule has 0 spiro atoms. The number of benzene rings is 2. The molecule has 0 aliphatic rings. The second-order valence-electron chi connectivity index (χ2n) is 5.07. The minimum absolute atomic E-state index is 0.0832. The zero-order valence-corrected chi connectivity index (χ0v) is 11.9. The maximum absolute atomic E-state index is 13.3. The van der Waals surface area contributed by atoms with Crippen molar-refractivity contribution in [2.24, 2.45) is 5.73 Å². The third-order valence-corrected chi connectivity index (χ3v) is 3.32. The molecule has 1 unspecified atom stereocenters. The summed E-state index contributed by atoms with van der Waals surface area (Å²) in [4.78, 5) is 12.1. The molecule has 0 fully saturated rings. The molecule has 0 aliphatic heterocycles. The van der Waals surface area contributed by atoms with Gasteiger partial charge in [0.15, 0.2) is 5.54 Å². The minimum Gasteiger partial charge on any atom is -0.459 e. The molecule has 0 aliphatic carbocycles. The van der Waals surface area contributed by atoms with Crippen molar-refractivity contribution < 1.29 is 18.3 Å². The van der Waals surface area contributed by atoms with Crippen LogP contribution in [0.5, 0.6) is 0 Å². The first-order valence-corrected chi connectivity index (χ1v) is 6.84. The van der Waals surface area contributed by atoms with Crippen LogP contribution in [0.15, 0.2) is 60.7 Å². The molecule has 5 heteroatoms. The highest BCUT2D eigenvalue weighted by Crippen LogP contribution is 2.21. The maximum Gasteiger partial charge on any atom is 0.332 e. The Labute approximate surface area is 127 Å². The van der Waals surface area contributed by atoms with Gasteiger partial charge in [0, 0.05) is 6.42 Å². The molecule has 22 heavy (non-hydrogen) atoms. The summed E-state index contributed by atoms with van der Waals surface area (Å²) < 4.78 is 31.6. The summed E-state index contributed by atoms with van der Waals surface area (Å²) in [6.07, 6.45) is -3.30. The Bertz CT molecular complexity index is 605. The molecule has 0 bridgehead atoms. The number of hydrogen-bond donors (Lipinski definition) is 1. The Morgan fingerprint density at radius 2 is 1.50 bits per heavy atom. The average molecular weight is 305 g/mol. The van der Waals surface area contributed by atoms with Gasteiger partial charge in [-0.15, -0.1) is 0 Å². The van der Waals surface area contributed by atoms with E-state index < -0.39 is 17.9 Å². The summed E-state index contributed by atoms with van der Waals surface area (Å²) in [5.74, 6) is -1.10. The molecule has 2 N–H and O–H groups in total. The molecule has 2 rings (SSSR count). The fraction of sp³-hybridized carbons (Fsp3) is 0.235. The van der Waals surface area contributed by atoms with Gasteiger partial charge in [-0.2, -0.15) is 0 Å². The van der Waals surface area contributed by atoms with Gasteiger partial charge in [-0.05, 0) is 11.1 Å². The molecule has 0 heterocycles. The lowest BCUT2D eigenvalue weighted by Crippen LogP contribution is -2.56. The standard InChI is InChI=1S/C17H17F2NO2/c18-15(19)17(20,11-13-7-3-1-4-8-13)16(21)22-12-14-9-5-2-6-10-14/h1-10,15H,11-12,20H2. The van der Waals surface area contributed by atoms with Crippen molar-refractivity contribution in [1.29, 1.82) is 0 Å². The number of ether oxygens (including phenoxy) is 1. The topological polar surface area (TPSA) is 52.3 Å². The summed E-state index contributed by atoms with van der Waals surface area (Å²) in [6, 6.07) is 17.3. The highest BCUT2D eigenvalue weighted by molar-refractivity contribution is 5.81. The number of carbonyl (C=O) groups excluding carboxylic acids is 1. The maximum atomic E-state index is 13.3. The van der Waals surface area contributed by atoms with Crippen LogP contribution in [0, 0.1) is 0 Å². The lowest BCUT2D eigenvalue weighted by Gasteiger charge is -2.26. The molecule has 0 aromatic heterocycles. The number of halogens is 2. The largest absolute Gasteiger partial charge is 0.459 e. The molecule has 0 amide bonds. The Morgan fingerprint density at radius 3 is 2.00 bits per heavy atom. The monoisotopic (exact) mass is 305 g/mol. The molecular formula is C17H17F2NO2. The Kier molecular flexibility index (Phi) is 5.22. The van der Waals surface area contributed by atoms with Gasteiger partial charge in [-0.3, -0.25) is 0 Å². The Hall–Kier alpha value is -2.27. The fourth-order valence-electron chi connectivity index (χ4n) is 2.03. The van der Waals surface area contributed by atoms with E-state index in [1.807, 2.05) is 6.07 Å². The van der Waals surface area contributed by atoms with Crippen molar-refractivity contribution in [2.75, 3.05) is 0 Å². The lowest BCUT2D eigenvalue weighted by atomic mass is 9.92. The number of rotatable bonds is 6. The molecule has 0 saturated carbocycles. The van der Waals surface area contributed by atoms with Crippen molar-refractivity contribution in [3.8, 4) is 0 Å². The van der Waals surface area contributed by atoms with Gasteiger partial charge in [-0.25, -0.2) is 13.6 Å². The number of alkyl halides is 2. The third kappa shape index (κ3) is 3.89. The van der Waals surface area contributed by atoms with Crippen molar-refractivity contribution >= 4 is 5.97 Å². The molecular weight excluding hydrogens is 288 g/mol.